The highest BCUT2D eigenvalue weighted by Crippen LogP contribution is 2.27. The third kappa shape index (κ3) is 3.96. The number of aryl methyl sites for hydroxylation is 2. The van der Waals surface area contributed by atoms with E-state index in [4.69, 9.17) is 14.3 Å². The van der Waals surface area contributed by atoms with E-state index in [1.165, 1.54) is 19.2 Å². The number of hydrogen-bond acceptors (Lipinski definition) is 5. The minimum Gasteiger partial charge on any atom is -0.495 e. The van der Waals surface area contributed by atoms with Gasteiger partial charge in [-0.1, -0.05) is 0 Å². The summed E-state index contributed by atoms with van der Waals surface area (Å²) in [6, 6.07) is 8.19. The van der Waals surface area contributed by atoms with E-state index < -0.39 is 10.0 Å². The van der Waals surface area contributed by atoms with E-state index in [9.17, 15) is 13.2 Å². The van der Waals surface area contributed by atoms with Gasteiger partial charge >= 0.3 is 0 Å². The molecule has 0 aliphatic carbocycles. The number of methoxy groups -OCH3 is 1. The van der Waals surface area contributed by atoms with Gasteiger partial charge in [-0.25, -0.2) is 13.6 Å². The lowest BCUT2D eigenvalue weighted by Gasteiger charge is -2.10. The first-order chi connectivity index (χ1) is 12.7. The van der Waals surface area contributed by atoms with Crippen LogP contribution in [0.15, 0.2) is 45.9 Å². The molecule has 142 valence electrons. The molecule has 3 rings (SSSR count). The Balaban J connectivity index is 1.84. The number of benzene rings is 2. The predicted octanol–water partition coefficient (Wildman–Crippen LogP) is 2.89. The number of hydrogen-bond donors (Lipinski definition) is 2. The molecule has 3 N–H and O–H groups in total. The molecule has 0 saturated heterocycles. The van der Waals surface area contributed by atoms with Gasteiger partial charge < -0.3 is 14.5 Å². The molecule has 0 atom stereocenters. The summed E-state index contributed by atoms with van der Waals surface area (Å²) < 4.78 is 33.9. The number of amides is 1. The third-order valence-electron chi connectivity index (χ3n) is 4.37. The molecular weight excluding hydrogens is 368 g/mol. The summed E-state index contributed by atoms with van der Waals surface area (Å²) in [6.45, 7) is 3.99. The fraction of sp³-hybridized carbons (Fsp3) is 0.211. The monoisotopic (exact) mass is 388 g/mol. The van der Waals surface area contributed by atoms with Crippen LogP contribution in [-0.2, 0) is 21.2 Å². The summed E-state index contributed by atoms with van der Waals surface area (Å²) in [5.74, 6) is -0.191. The first kappa shape index (κ1) is 18.9. The molecule has 1 amide bonds. The van der Waals surface area contributed by atoms with Gasteiger partial charge in [-0.15, -0.1) is 0 Å². The van der Waals surface area contributed by atoms with Gasteiger partial charge in [-0.2, -0.15) is 0 Å². The number of furan rings is 1. The summed E-state index contributed by atoms with van der Waals surface area (Å²) in [5, 5.41) is 8.76. The van der Waals surface area contributed by atoms with Gasteiger partial charge in [0.1, 0.15) is 16.2 Å². The van der Waals surface area contributed by atoms with Crippen LogP contribution < -0.4 is 15.2 Å². The molecule has 1 heterocycles. The number of rotatable bonds is 5. The van der Waals surface area contributed by atoms with Gasteiger partial charge in [0.25, 0.3) is 0 Å². The van der Waals surface area contributed by atoms with Crippen molar-refractivity contribution in [2.24, 2.45) is 5.14 Å². The maximum absolute atomic E-state index is 12.4. The topological polar surface area (TPSA) is 112 Å². The Morgan fingerprint density at radius 3 is 2.56 bits per heavy atom. The zero-order valence-corrected chi connectivity index (χ0v) is 16.0. The van der Waals surface area contributed by atoms with Crippen LogP contribution >= 0.6 is 0 Å². The number of primary sulfonamides is 1. The Morgan fingerprint density at radius 2 is 1.89 bits per heavy atom. The van der Waals surface area contributed by atoms with Crippen molar-refractivity contribution < 1.29 is 22.4 Å². The predicted molar refractivity (Wildman–Crippen MR) is 102 cm³/mol. The maximum Gasteiger partial charge on any atom is 0.241 e. The summed E-state index contributed by atoms with van der Waals surface area (Å²) >= 11 is 0. The van der Waals surface area contributed by atoms with E-state index in [1.54, 1.807) is 12.3 Å². The van der Waals surface area contributed by atoms with Crippen molar-refractivity contribution in [3.8, 4) is 5.75 Å². The number of anilines is 1. The van der Waals surface area contributed by atoms with Gasteiger partial charge in [0.05, 0.1) is 19.8 Å². The highest BCUT2D eigenvalue weighted by atomic mass is 32.2. The summed E-state index contributed by atoms with van der Waals surface area (Å²) in [7, 11) is -2.64. The van der Waals surface area contributed by atoms with Crippen LogP contribution in [0.1, 0.15) is 16.7 Å². The Bertz CT molecular complexity index is 1130. The van der Waals surface area contributed by atoms with Crippen LogP contribution in [0.3, 0.4) is 0 Å². The van der Waals surface area contributed by atoms with Crippen molar-refractivity contribution in [2.45, 2.75) is 25.2 Å². The molecular formula is C19H20N2O5S. The van der Waals surface area contributed by atoms with E-state index in [2.05, 4.69) is 5.32 Å². The average Bonchev–Trinajstić information content (AvgIpc) is 2.96. The molecule has 1 aromatic heterocycles. The quantitative estimate of drug-likeness (QED) is 0.698. The molecule has 0 radical (unpaired) electrons. The standard InChI is InChI=1S/C19H20N2O5S/c1-11-6-15-13(10-26-17(15)7-12(11)2)8-19(22)21-14-4-5-16(25-3)18(9-14)27(20,23)24/h4-7,9-10H,8H2,1-3H3,(H,21,22)(H2,20,23,24). The second-order valence-electron chi connectivity index (χ2n) is 6.33. The molecule has 0 bridgehead atoms. The number of fused-ring (bicyclic) bond motifs is 1. The van der Waals surface area contributed by atoms with E-state index in [1.807, 2.05) is 26.0 Å². The lowest BCUT2D eigenvalue weighted by molar-refractivity contribution is -0.115. The van der Waals surface area contributed by atoms with Gasteiger partial charge in [0, 0.05) is 16.6 Å². The smallest absolute Gasteiger partial charge is 0.241 e. The number of carbonyl (C=O) groups is 1. The number of sulfonamides is 1. The van der Waals surface area contributed by atoms with Crippen molar-refractivity contribution in [2.75, 3.05) is 12.4 Å². The Labute approximate surface area is 157 Å². The molecule has 0 aliphatic rings. The minimum atomic E-state index is -3.98. The largest absolute Gasteiger partial charge is 0.495 e. The summed E-state index contributed by atoms with van der Waals surface area (Å²) in [6.07, 6.45) is 1.65. The molecule has 0 unspecified atom stereocenters. The SMILES string of the molecule is COc1ccc(NC(=O)Cc2coc3cc(C)c(C)cc23)cc1S(N)(=O)=O. The number of nitrogens with one attached hydrogen (secondary N) is 1. The van der Waals surface area contributed by atoms with E-state index in [-0.39, 0.29) is 23.0 Å². The fourth-order valence-corrected chi connectivity index (χ4v) is 3.55. The van der Waals surface area contributed by atoms with Gasteiger partial charge in [-0.05, 0) is 55.3 Å². The molecule has 7 nitrogen and oxygen atoms in total. The van der Waals surface area contributed by atoms with Crippen molar-refractivity contribution in [3.63, 3.8) is 0 Å². The van der Waals surface area contributed by atoms with Crippen LogP contribution in [0.4, 0.5) is 5.69 Å². The zero-order chi connectivity index (χ0) is 19.8. The molecule has 0 aliphatic heterocycles. The molecule has 0 saturated carbocycles. The Kier molecular flexibility index (Phi) is 4.95. The highest BCUT2D eigenvalue weighted by Gasteiger charge is 2.17. The number of ether oxygens (including phenoxy) is 1. The maximum atomic E-state index is 12.4. The Hall–Kier alpha value is -2.84. The molecule has 3 aromatic rings. The number of carbonyl (C=O) groups excluding carboxylic acids is 1. The van der Waals surface area contributed by atoms with Crippen molar-refractivity contribution in [1.29, 1.82) is 0 Å². The van der Waals surface area contributed by atoms with Gasteiger partial charge in [0.15, 0.2) is 0 Å². The van der Waals surface area contributed by atoms with Crippen molar-refractivity contribution in [3.05, 3.63) is 53.3 Å². The third-order valence-corrected chi connectivity index (χ3v) is 5.31. The van der Waals surface area contributed by atoms with Crippen molar-refractivity contribution in [1.82, 2.24) is 0 Å². The second kappa shape index (κ2) is 7.05. The van der Waals surface area contributed by atoms with Crippen LogP contribution in [-0.4, -0.2) is 21.4 Å². The van der Waals surface area contributed by atoms with Crippen molar-refractivity contribution >= 4 is 32.6 Å². The van der Waals surface area contributed by atoms with Gasteiger partial charge in [0.2, 0.25) is 15.9 Å². The molecule has 0 spiro atoms. The van der Waals surface area contributed by atoms with Gasteiger partial charge in [-0.3, -0.25) is 4.79 Å². The molecule has 0 fully saturated rings. The Morgan fingerprint density at radius 1 is 1.19 bits per heavy atom. The van der Waals surface area contributed by atoms with E-state index in [0.717, 1.165) is 27.7 Å². The van der Waals surface area contributed by atoms with Crippen LogP contribution in [0.2, 0.25) is 0 Å². The highest BCUT2D eigenvalue weighted by molar-refractivity contribution is 7.89. The fourth-order valence-electron chi connectivity index (χ4n) is 2.83. The first-order valence-electron chi connectivity index (χ1n) is 8.17. The normalized spacial score (nSPS) is 11.6. The van der Waals surface area contributed by atoms with E-state index >= 15 is 0 Å². The average molecular weight is 388 g/mol. The second-order valence-corrected chi connectivity index (χ2v) is 7.86. The van der Waals surface area contributed by atoms with Crippen LogP contribution in [0, 0.1) is 13.8 Å². The molecule has 27 heavy (non-hydrogen) atoms. The van der Waals surface area contributed by atoms with Crippen LogP contribution in [0.25, 0.3) is 11.0 Å². The lowest BCUT2D eigenvalue weighted by atomic mass is 10.0. The van der Waals surface area contributed by atoms with E-state index in [0.29, 0.717) is 5.69 Å². The number of nitrogens with two attached hydrogens (primary N) is 1. The first-order valence-corrected chi connectivity index (χ1v) is 9.71. The lowest BCUT2D eigenvalue weighted by Crippen LogP contribution is -2.17. The van der Waals surface area contributed by atoms with Crippen LogP contribution in [0.5, 0.6) is 5.75 Å². The summed E-state index contributed by atoms with van der Waals surface area (Å²) in [4.78, 5) is 12.2. The minimum absolute atomic E-state index is 0.0895. The molecule has 2 aromatic carbocycles. The zero-order valence-electron chi connectivity index (χ0n) is 15.2. The molecule has 8 heteroatoms. The summed E-state index contributed by atoms with van der Waals surface area (Å²) in [5.41, 5.74) is 4.01.